The number of rotatable bonds is 5. The van der Waals surface area contributed by atoms with Gasteiger partial charge in [0.1, 0.15) is 11.3 Å². The number of nitrogens with one attached hydrogen (secondary N) is 1. The SMILES string of the molecule is O=[N+]([O-])c1ccc(NC(c2ccccc2)c2ccc3cccnc3c2O)cc1. The summed E-state index contributed by atoms with van der Waals surface area (Å²) in [6.45, 7) is 0. The fraction of sp³-hybridized carbons (Fsp3) is 0.0455. The van der Waals surface area contributed by atoms with E-state index < -0.39 is 4.92 Å². The van der Waals surface area contributed by atoms with Crippen LogP contribution >= 0.6 is 0 Å². The van der Waals surface area contributed by atoms with E-state index in [1.54, 1.807) is 18.3 Å². The third-order valence-electron chi connectivity index (χ3n) is 4.61. The summed E-state index contributed by atoms with van der Waals surface area (Å²) < 4.78 is 0. The summed E-state index contributed by atoms with van der Waals surface area (Å²) in [6.07, 6.45) is 1.65. The highest BCUT2D eigenvalue weighted by atomic mass is 16.6. The smallest absolute Gasteiger partial charge is 0.269 e. The summed E-state index contributed by atoms with van der Waals surface area (Å²) in [7, 11) is 0. The lowest BCUT2D eigenvalue weighted by molar-refractivity contribution is -0.384. The molecule has 3 aromatic carbocycles. The van der Waals surface area contributed by atoms with Gasteiger partial charge in [-0.15, -0.1) is 0 Å². The summed E-state index contributed by atoms with van der Waals surface area (Å²) >= 11 is 0. The van der Waals surface area contributed by atoms with Gasteiger partial charge in [0.25, 0.3) is 5.69 Å². The molecule has 4 rings (SSSR count). The molecule has 6 heteroatoms. The Morgan fingerprint density at radius 2 is 1.68 bits per heavy atom. The van der Waals surface area contributed by atoms with Gasteiger partial charge >= 0.3 is 0 Å². The first-order valence-corrected chi connectivity index (χ1v) is 8.76. The van der Waals surface area contributed by atoms with Gasteiger partial charge < -0.3 is 10.4 Å². The lowest BCUT2D eigenvalue weighted by Crippen LogP contribution is -2.12. The number of nitro benzene ring substituents is 1. The number of phenolic OH excluding ortho intramolecular Hbond substituents is 1. The van der Waals surface area contributed by atoms with Gasteiger partial charge in [-0.25, -0.2) is 0 Å². The minimum atomic E-state index is -0.431. The molecule has 1 aromatic heterocycles. The third kappa shape index (κ3) is 3.35. The zero-order valence-electron chi connectivity index (χ0n) is 14.8. The fourth-order valence-electron chi connectivity index (χ4n) is 3.21. The highest BCUT2D eigenvalue weighted by molar-refractivity contribution is 5.86. The minimum Gasteiger partial charge on any atom is -0.505 e. The van der Waals surface area contributed by atoms with Gasteiger partial charge in [0, 0.05) is 35.0 Å². The molecule has 0 fully saturated rings. The van der Waals surface area contributed by atoms with E-state index in [0.29, 0.717) is 16.8 Å². The Morgan fingerprint density at radius 1 is 0.929 bits per heavy atom. The number of nitrogens with zero attached hydrogens (tertiary/aromatic N) is 2. The predicted molar refractivity (Wildman–Crippen MR) is 108 cm³/mol. The predicted octanol–water partition coefficient (Wildman–Crippen LogP) is 5.05. The van der Waals surface area contributed by atoms with E-state index in [-0.39, 0.29) is 17.5 Å². The molecule has 0 radical (unpaired) electrons. The van der Waals surface area contributed by atoms with Crippen molar-refractivity contribution in [2.75, 3.05) is 5.32 Å². The summed E-state index contributed by atoms with van der Waals surface area (Å²) in [5.41, 5.74) is 2.90. The Balaban J connectivity index is 1.78. The van der Waals surface area contributed by atoms with Crippen LogP contribution in [0.1, 0.15) is 17.2 Å². The second-order valence-corrected chi connectivity index (χ2v) is 6.37. The van der Waals surface area contributed by atoms with Crippen LogP contribution < -0.4 is 5.32 Å². The van der Waals surface area contributed by atoms with Crippen molar-refractivity contribution in [3.63, 3.8) is 0 Å². The van der Waals surface area contributed by atoms with Crippen LogP contribution in [0.15, 0.2) is 85.1 Å². The highest BCUT2D eigenvalue weighted by Gasteiger charge is 2.20. The Kier molecular flexibility index (Phi) is 4.60. The third-order valence-corrected chi connectivity index (χ3v) is 4.61. The molecule has 4 aromatic rings. The molecule has 0 aliphatic carbocycles. The quantitative estimate of drug-likeness (QED) is 0.378. The summed E-state index contributed by atoms with van der Waals surface area (Å²) in [4.78, 5) is 14.8. The van der Waals surface area contributed by atoms with Crippen LogP contribution in [0.5, 0.6) is 5.75 Å². The Bertz CT molecular complexity index is 1130. The van der Waals surface area contributed by atoms with Crippen molar-refractivity contribution in [2.45, 2.75) is 6.04 Å². The average molecular weight is 371 g/mol. The first-order valence-electron chi connectivity index (χ1n) is 8.76. The number of fused-ring (bicyclic) bond motifs is 1. The lowest BCUT2D eigenvalue weighted by Gasteiger charge is -2.22. The van der Waals surface area contributed by atoms with E-state index in [0.717, 1.165) is 10.9 Å². The van der Waals surface area contributed by atoms with E-state index in [1.165, 1.54) is 12.1 Å². The summed E-state index contributed by atoms with van der Waals surface area (Å²) in [5.74, 6) is 0.112. The van der Waals surface area contributed by atoms with Gasteiger partial charge in [-0.2, -0.15) is 0 Å². The van der Waals surface area contributed by atoms with E-state index in [4.69, 9.17) is 0 Å². The van der Waals surface area contributed by atoms with E-state index in [9.17, 15) is 15.2 Å². The monoisotopic (exact) mass is 371 g/mol. The number of benzene rings is 3. The second-order valence-electron chi connectivity index (χ2n) is 6.37. The zero-order valence-corrected chi connectivity index (χ0v) is 14.8. The molecule has 6 nitrogen and oxygen atoms in total. The molecule has 0 saturated heterocycles. The first kappa shape index (κ1) is 17.5. The van der Waals surface area contributed by atoms with Gasteiger partial charge in [-0.05, 0) is 23.8 Å². The first-order chi connectivity index (χ1) is 13.6. The lowest BCUT2D eigenvalue weighted by atomic mass is 9.96. The number of pyridine rings is 1. The Labute approximate surface area is 161 Å². The van der Waals surface area contributed by atoms with Gasteiger partial charge in [0.2, 0.25) is 0 Å². The van der Waals surface area contributed by atoms with Crippen molar-refractivity contribution in [1.29, 1.82) is 0 Å². The molecular weight excluding hydrogens is 354 g/mol. The van der Waals surface area contributed by atoms with Crippen molar-refractivity contribution in [2.24, 2.45) is 0 Å². The molecular formula is C22H17N3O3. The molecule has 2 N–H and O–H groups in total. The molecule has 1 unspecified atom stereocenters. The minimum absolute atomic E-state index is 0.0274. The highest BCUT2D eigenvalue weighted by Crippen LogP contribution is 2.36. The normalized spacial score (nSPS) is 11.9. The van der Waals surface area contributed by atoms with Crippen LogP contribution in [0, 0.1) is 10.1 Å². The van der Waals surface area contributed by atoms with Gasteiger partial charge in [0.05, 0.1) is 11.0 Å². The van der Waals surface area contributed by atoms with Crippen molar-refractivity contribution < 1.29 is 10.0 Å². The molecule has 0 spiro atoms. The number of phenols is 1. The number of anilines is 1. The molecule has 1 atom stereocenters. The topological polar surface area (TPSA) is 88.3 Å². The van der Waals surface area contributed by atoms with Crippen molar-refractivity contribution in [3.05, 3.63) is 106 Å². The molecule has 0 aliphatic rings. The van der Waals surface area contributed by atoms with E-state index in [1.807, 2.05) is 54.6 Å². The summed E-state index contributed by atoms with van der Waals surface area (Å²) in [5, 5.41) is 26.0. The summed E-state index contributed by atoms with van der Waals surface area (Å²) in [6, 6.07) is 23.1. The maximum atomic E-state index is 10.9. The standard InChI is InChI=1S/C22H17N3O3/c26-22-19(13-8-16-7-4-14-23-21(16)22)20(15-5-2-1-3-6-15)24-17-9-11-18(12-10-17)25(27)28/h1-14,20,24,26H. The number of aromatic hydroxyl groups is 1. The van der Waals surface area contributed by atoms with Crippen LogP contribution in [0.4, 0.5) is 11.4 Å². The van der Waals surface area contributed by atoms with E-state index in [2.05, 4.69) is 10.3 Å². The van der Waals surface area contributed by atoms with Crippen molar-refractivity contribution >= 4 is 22.3 Å². The zero-order chi connectivity index (χ0) is 19.5. The van der Waals surface area contributed by atoms with Crippen molar-refractivity contribution in [3.8, 4) is 5.75 Å². The number of aromatic nitrogens is 1. The van der Waals surface area contributed by atoms with Crippen LogP contribution in [0.2, 0.25) is 0 Å². The van der Waals surface area contributed by atoms with Crippen LogP contribution in [0.25, 0.3) is 10.9 Å². The molecule has 0 bridgehead atoms. The van der Waals surface area contributed by atoms with Gasteiger partial charge in [0.15, 0.2) is 0 Å². The number of hydrogen-bond donors (Lipinski definition) is 2. The molecule has 0 amide bonds. The molecule has 28 heavy (non-hydrogen) atoms. The van der Waals surface area contributed by atoms with Crippen molar-refractivity contribution in [1.82, 2.24) is 4.98 Å². The Hall–Kier alpha value is -3.93. The maximum absolute atomic E-state index is 10.9. The number of non-ortho nitro benzene ring substituents is 1. The Morgan fingerprint density at radius 3 is 2.39 bits per heavy atom. The number of nitro groups is 1. The van der Waals surface area contributed by atoms with Gasteiger partial charge in [-0.1, -0.05) is 48.5 Å². The van der Waals surface area contributed by atoms with Crippen LogP contribution in [0.3, 0.4) is 0 Å². The molecule has 138 valence electrons. The van der Waals surface area contributed by atoms with E-state index >= 15 is 0 Å². The number of hydrogen-bond acceptors (Lipinski definition) is 5. The van der Waals surface area contributed by atoms with Crippen LogP contribution in [-0.4, -0.2) is 15.0 Å². The second kappa shape index (κ2) is 7.36. The maximum Gasteiger partial charge on any atom is 0.269 e. The average Bonchev–Trinajstić information content (AvgIpc) is 2.74. The van der Waals surface area contributed by atoms with Gasteiger partial charge in [-0.3, -0.25) is 15.1 Å². The largest absolute Gasteiger partial charge is 0.505 e. The fourth-order valence-corrected chi connectivity index (χ4v) is 3.21. The van der Waals surface area contributed by atoms with Crippen LogP contribution in [-0.2, 0) is 0 Å². The molecule has 1 heterocycles. The molecule has 0 saturated carbocycles. The molecule has 0 aliphatic heterocycles.